The van der Waals surface area contributed by atoms with Crippen molar-refractivity contribution in [1.29, 1.82) is 5.26 Å². The zero-order valence-electron chi connectivity index (χ0n) is 35.6. The van der Waals surface area contributed by atoms with Gasteiger partial charge in [0.1, 0.15) is 19.5 Å². The monoisotopic (exact) mass is 931 g/mol. The van der Waals surface area contributed by atoms with Crippen LogP contribution in [0.15, 0.2) is 96.5 Å². The number of ether oxygens (including phenoxy) is 2. The maximum absolute atomic E-state index is 15.8. The highest BCUT2D eigenvalue weighted by molar-refractivity contribution is 6.32. The summed E-state index contributed by atoms with van der Waals surface area (Å²) in [5.41, 5.74) is -2.60. The average Bonchev–Trinajstić information content (AvgIpc) is 4.15. The Bertz CT molecular complexity index is 2690. The van der Waals surface area contributed by atoms with Gasteiger partial charge in [-0.15, -0.1) is 0 Å². The molecule has 2 amide bonds. The molecule has 2 atom stereocenters. The second-order valence-electron chi connectivity index (χ2n) is 17.5. The molecule has 8 rings (SSSR count). The van der Waals surface area contributed by atoms with Gasteiger partial charge in [0.15, 0.2) is 11.4 Å². The Hall–Kier alpha value is -6.68. The third kappa shape index (κ3) is 9.50. The van der Waals surface area contributed by atoms with Crippen LogP contribution in [0, 0.1) is 22.2 Å². The van der Waals surface area contributed by atoms with E-state index < -0.39 is 77.8 Å². The Kier molecular flexibility index (Phi) is 12.5. The number of nitrogens with zero attached hydrogens (tertiary/aromatic N) is 8. The molecule has 0 radical (unpaired) electrons. The van der Waals surface area contributed by atoms with Crippen LogP contribution >= 0.6 is 11.6 Å². The van der Waals surface area contributed by atoms with Crippen LogP contribution < -0.4 is 5.32 Å². The van der Waals surface area contributed by atoms with Crippen molar-refractivity contribution in [1.82, 2.24) is 34.8 Å². The van der Waals surface area contributed by atoms with E-state index in [0.29, 0.717) is 17.2 Å². The zero-order chi connectivity index (χ0) is 47.0. The molecule has 1 aliphatic heterocycles. The molecule has 2 saturated carbocycles. The van der Waals surface area contributed by atoms with E-state index in [1.807, 2.05) is 10.9 Å². The smallest absolute Gasteiger partial charge is 0.414 e. The van der Waals surface area contributed by atoms with Crippen LogP contribution in [-0.2, 0) is 31.2 Å². The molecule has 0 unspecified atom stereocenters. The van der Waals surface area contributed by atoms with Crippen molar-refractivity contribution < 1.29 is 45.8 Å². The number of alkyl halides is 5. The Morgan fingerprint density at radius 1 is 1.00 bits per heavy atom. The van der Waals surface area contributed by atoms with Gasteiger partial charge in [0.25, 0.3) is 12.3 Å². The summed E-state index contributed by atoms with van der Waals surface area (Å²) in [7, 11) is 0. The van der Waals surface area contributed by atoms with Crippen molar-refractivity contribution in [2.75, 3.05) is 6.61 Å². The van der Waals surface area contributed by atoms with Crippen molar-refractivity contribution in [3.63, 3.8) is 0 Å². The lowest BCUT2D eigenvalue weighted by Crippen LogP contribution is -2.50. The summed E-state index contributed by atoms with van der Waals surface area (Å²) >= 11 is 6.56. The van der Waals surface area contributed by atoms with Crippen molar-refractivity contribution in [2.24, 2.45) is 15.8 Å². The Balaban J connectivity index is 1.24. The number of carbonyl (C=O) groups is 3. The molecular formula is C46H43ClF5N9O5. The number of carbonyl (C=O) groups excluding carboxylic acids is 3. The van der Waals surface area contributed by atoms with Crippen LogP contribution in [0.25, 0.3) is 16.8 Å². The van der Waals surface area contributed by atoms with E-state index in [4.69, 9.17) is 26.1 Å². The Morgan fingerprint density at radius 3 is 2.38 bits per heavy atom. The highest BCUT2D eigenvalue weighted by atomic mass is 35.5. The van der Waals surface area contributed by atoms with Crippen LogP contribution in [0.5, 0.6) is 0 Å². The summed E-state index contributed by atoms with van der Waals surface area (Å²) in [6, 6.07) is 20.7. The van der Waals surface area contributed by atoms with Gasteiger partial charge < -0.3 is 9.47 Å². The zero-order valence-corrected chi connectivity index (χ0v) is 36.4. The maximum atomic E-state index is 15.8. The van der Waals surface area contributed by atoms with Crippen LogP contribution in [0.4, 0.5) is 26.7 Å². The Labute approximate surface area is 380 Å². The molecule has 1 N–H and O–H groups in total. The van der Waals surface area contributed by atoms with Crippen molar-refractivity contribution in [3.8, 4) is 22.9 Å². The quantitative estimate of drug-likeness (QED) is 0.0748. The summed E-state index contributed by atoms with van der Waals surface area (Å²) in [6.07, 6.45) is -3.95. The van der Waals surface area contributed by atoms with Gasteiger partial charge in [0.2, 0.25) is 5.96 Å². The number of alkyl carbamates (subject to hydrolysis) is 1. The molecule has 0 spiro atoms. The lowest BCUT2D eigenvalue weighted by molar-refractivity contribution is -0.195. The number of amides is 2. The van der Waals surface area contributed by atoms with Crippen molar-refractivity contribution in [3.05, 3.63) is 119 Å². The van der Waals surface area contributed by atoms with Crippen LogP contribution in [0.1, 0.15) is 99.8 Å². The van der Waals surface area contributed by atoms with Gasteiger partial charge in [-0.3, -0.25) is 24.5 Å². The summed E-state index contributed by atoms with van der Waals surface area (Å²) in [4.78, 5) is 52.5. The third-order valence-electron chi connectivity index (χ3n) is 12.0. The van der Waals surface area contributed by atoms with E-state index in [1.54, 1.807) is 74.6 Å². The minimum atomic E-state index is -4.69. The number of nitrogens with one attached hydrogen (secondary N) is 1. The van der Waals surface area contributed by atoms with Crippen molar-refractivity contribution >= 4 is 35.5 Å². The predicted molar refractivity (Wildman–Crippen MR) is 228 cm³/mol. The lowest BCUT2D eigenvalue weighted by atomic mass is 9.73. The number of guanidine groups is 1. The maximum Gasteiger partial charge on any atom is 0.414 e. The predicted octanol–water partition coefficient (Wildman–Crippen LogP) is 9.72. The number of aromatic nitrogens is 5. The van der Waals surface area contributed by atoms with Gasteiger partial charge in [0.05, 0.1) is 46.9 Å². The SMILES string of the molecule is CC(C)(CC#N)C[C@]1(c2ccc(-c3cnn(C4CC4)c3)cc2)N=C(NC(=O)OCc2ccccc2)N([C@H](COC(=O)CC2(C(F)(F)F)CC2)c2ccc(Cl)c(-n3ncnc3C(F)F)c2)C1=O. The number of halogens is 6. The molecule has 2 fully saturated rings. The third-order valence-corrected chi connectivity index (χ3v) is 12.4. The van der Waals surface area contributed by atoms with E-state index >= 15 is 4.79 Å². The fraction of sp³-hybridized carbons (Fsp3) is 0.391. The number of hydrogen-bond acceptors (Lipinski definition) is 10. The number of rotatable bonds is 16. The molecule has 20 heteroatoms. The van der Waals surface area contributed by atoms with Crippen molar-refractivity contribution in [2.45, 2.75) is 95.6 Å². The molecular weight excluding hydrogens is 889 g/mol. The summed E-state index contributed by atoms with van der Waals surface area (Å²) in [5, 5.41) is 20.8. The second-order valence-corrected chi connectivity index (χ2v) is 18.0. The molecule has 3 heterocycles. The Morgan fingerprint density at radius 2 is 1.73 bits per heavy atom. The van der Waals surface area contributed by atoms with Crippen LogP contribution in [0.3, 0.4) is 0 Å². The summed E-state index contributed by atoms with van der Waals surface area (Å²) in [5.74, 6) is -3.19. The van der Waals surface area contributed by atoms with Gasteiger partial charge in [-0.2, -0.15) is 28.6 Å². The topological polar surface area (TPSA) is 170 Å². The number of aliphatic imine (C=N–C) groups is 1. The van der Waals surface area contributed by atoms with Gasteiger partial charge in [0, 0.05) is 18.2 Å². The number of esters is 1. The first kappa shape index (κ1) is 45.9. The lowest BCUT2D eigenvalue weighted by Gasteiger charge is -2.35. The first-order chi connectivity index (χ1) is 31.4. The standard InChI is InChI=1S/C46H43ClF5N9O5/c1-43(2,18-19-53)26-45(32-11-8-29(9-12-32)31-22-55-59(23-31)33-13-14-33)40(63)60(41(58-45)57-42(64)66-24-28-6-4-3-5-7-28)36(25-65-37(62)21-44(16-17-44)46(50,51)52)30-10-15-34(47)35(20-30)61-39(38(48)49)54-27-56-61/h3-12,15,20,22-23,27,33,36,38H,13-14,16-18,21,24-26H2,1-2H3,(H,57,58,64)/t36-,45-/m1/s1. The molecule has 66 heavy (non-hydrogen) atoms. The molecule has 0 saturated heterocycles. The minimum Gasteiger partial charge on any atom is -0.463 e. The molecule has 3 aromatic carbocycles. The largest absolute Gasteiger partial charge is 0.463 e. The van der Waals surface area contributed by atoms with Crippen LogP contribution in [0.2, 0.25) is 5.02 Å². The first-order valence-corrected chi connectivity index (χ1v) is 21.4. The van der Waals surface area contributed by atoms with Gasteiger partial charge in [-0.25, -0.2) is 28.2 Å². The van der Waals surface area contributed by atoms with Gasteiger partial charge in [-0.05, 0) is 71.9 Å². The molecule has 0 bridgehead atoms. The highest BCUT2D eigenvalue weighted by Gasteiger charge is 2.64. The number of benzene rings is 3. The second kappa shape index (κ2) is 17.9. The summed E-state index contributed by atoms with van der Waals surface area (Å²) < 4.78 is 84.2. The van der Waals surface area contributed by atoms with E-state index in [9.17, 15) is 36.8 Å². The number of nitriles is 1. The molecule has 2 aromatic heterocycles. The highest BCUT2D eigenvalue weighted by Crippen LogP contribution is 2.60. The minimum absolute atomic E-state index is 0.0369. The average molecular weight is 932 g/mol. The van der Waals surface area contributed by atoms with Gasteiger partial charge in [-0.1, -0.05) is 86.1 Å². The van der Waals surface area contributed by atoms with E-state index in [1.165, 1.54) is 18.2 Å². The molecule has 14 nitrogen and oxygen atoms in total. The fourth-order valence-corrected chi connectivity index (χ4v) is 8.36. The molecule has 344 valence electrons. The van der Waals surface area contributed by atoms with Crippen LogP contribution in [-0.4, -0.2) is 66.2 Å². The molecule has 2 aliphatic carbocycles. The molecule has 5 aromatic rings. The normalized spacial score (nSPS) is 18.5. The molecule has 3 aliphatic rings. The van der Waals surface area contributed by atoms with E-state index in [-0.39, 0.29) is 48.6 Å². The fourth-order valence-electron chi connectivity index (χ4n) is 8.16. The van der Waals surface area contributed by atoms with Gasteiger partial charge >= 0.3 is 18.2 Å². The number of hydrogen-bond donors (Lipinski definition) is 1. The van der Waals surface area contributed by atoms with E-state index in [0.717, 1.165) is 39.9 Å². The summed E-state index contributed by atoms with van der Waals surface area (Å²) in [6.45, 7) is 2.53. The van der Waals surface area contributed by atoms with E-state index in [2.05, 4.69) is 26.6 Å². The first-order valence-electron chi connectivity index (χ1n) is 21.1.